The number of hydrogen-bond acceptors (Lipinski definition) is 3. The fraction of sp³-hybridized carbons (Fsp3) is 0.571. The van der Waals surface area contributed by atoms with Crippen LogP contribution in [0.4, 0.5) is 4.39 Å². The Morgan fingerprint density at radius 1 is 1.39 bits per heavy atom. The van der Waals surface area contributed by atoms with Crippen molar-refractivity contribution in [2.75, 3.05) is 40.3 Å². The van der Waals surface area contributed by atoms with Gasteiger partial charge in [0.1, 0.15) is 5.82 Å². The van der Waals surface area contributed by atoms with Crippen LogP contribution in [0.3, 0.4) is 0 Å². The average molecular weight is 251 g/mol. The van der Waals surface area contributed by atoms with Crippen molar-refractivity contribution in [1.82, 2.24) is 15.1 Å². The van der Waals surface area contributed by atoms with E-state index in [4.69, 9.17) is 0 Å². The molecule has 4 heteroatoms. The normalized spacial score (nSPS) is 21.4. The molecule has 1 atom stereocenters. The van der Waals surface area contributed by atoms with E-state index in [9.17, 15) is 4.39 Å². The van der Waals surface area contributed by atoms with Gasteiger partial charge in [-0.2, -0.15) is 0 Å². The van der Waals surface area contributed by atoms with Crippen LogP contribution < -0.4 is 5.32 Å². The molecule has 0 aromatic heterocycles. The standard InChI is InChI=1S/C14H22FN3/c1-17-8-7-16-14(10-17)11-18(2)9-12-3-5-13(15)6-4-12/h3-6,14,16H,7-11H2,1-2H3. The van der Waals surface area contributed by atoms with Gasteiger partial charge in [0.25, 0.3) is 0 Å². The molecule has 0 saturated carbocycles. The summed E-state index contributed by atoms with van der Waals surface area (Å²) in [5, 5.41) is 3.53. The van der Waals surface area contributed by atoms with Crippen LogP contribution in [0.25, 0.3) is 0 Å². The smallest absolute Gasteiger partial charge is 0.123 e. The predicted octanol–water partition coefficient (Wildman–Crippen LogP) is 1.16. The predicted molar refractivity (Wildman–Crippen MR) is 72.0 cm³/mol. The second kappa shape index (κ2) is 6.27. The Labute approximate surface area is 109 Å². The summed E-state index contributed by atoms with van der Waals surface area (Å²) in [5.41, 5.74) is 1.16. The van der Waals surface area contributed by atoms with Crippen LogP contribution in [-0.4, -0.2) is 56.1 Å². The third kappa shape index (κ3) is 4.05. The number of nitrogens with zero attached hydrogens (tertiary/aromatic N) is 2. The third-order valence-electron chi connectivity index (χ3n) is 3.36. The Morgan fingerprint density at radius 3 is 2.78 bits per heavy atom. The monoisotopic (exact) mass is 251 g/mol. The summed E-state index contributed by atoms with van der Waals surface area (Å²) < 4.78 is 12.8. The molecule has 1 aliphatic heterocycles. The molecule has 1 aliphatic rings. The summed E-state index contributed by atoms with van der Waals surface area (Å²) in [6.45, 7) is 5.15. The molecule has 1 heterocycles. The molecule has 1 N–H and O–H groups in total. The first-order valence-corrected chi connectivity index (χ1v) is 6.48. The van der Waals surface area contributed by atoms with Gasteiger partial charge in [0.15, 0.2) is 0 Å². The number of piperazine rings is 1. The molecule has 0 bridgehead atoms. The fourth-order valence-electron chi connectivity index (χ4n) is 2.46. The second-order valence-electron chi connectivity index (χ2n) is 5.24. The minimum absolute atomic E-state index is 0.169. The van der Waals surface area contributed by atoms with Crippen molar-refractivity contribution in [3.05, 3.63) is 35.6 Å². The highest BCUT2D eigenvalue weighted by atomic mass is 19.1. The molecule has 2 rings (SSSR count). The molecule has 1 saturated heterocycles. The van der Waals surface area contributed by atoms with Crippen LogP contribution >= 0.6 is 0 Å². The van der Waals surface area contributed by atoms with E-state index in [1.807, 2.05) is 12.1 Å². The van der Waals surface area contributed by atoms with E-state index in [0.29, 0.717) is 6.04 Å². The van der Waals surface area contributed by atoms with Gasteiger partial charge in [-0.1, -0.05) is 12.1 Å². The van der Waals surface area contributed by atoms with E-state index in [1.165, 1.54) is 12.1 Å². The highest BCUT2D eigenvalue weighted by molar-refractivity contribution is 5.15. The lowest BCUT2D eigenvalue weighted by atomic mass is 10.1. The van der Waals surface area contributed by atoms with Crippen molar-refractivity contribution in [1.29, 1.82) is 0 Å². The molecule has 1 aromatic rings. The lowest BCUT2D eigenvalue weighted by molar-refractivity contribution is 0.192. The number of nitrogens with one attached hydrogen (secondary N) is 1. The Kier molecular flexibility index (Phi) is 4.69. The zero-order valence-corrected chi connectivity index (χ0v) is 11.2. The van der Waals surface area contributed by atoms with Crippen molar-refractivity contribution in [2.24, 2.45) is 0 Å². The second-order valence-corrected chi connectivity index (χ2v) is 5.24. The van der Waals surface area contributed by atoms with Gasteiger partial charge in [-0.15, -0.1) is 0 Å². The molecule has 0 amide bonds. The third-order valence-corrected chi connectivity index (χ3v) is 3.36. The number of benzene rings is 1. The Bertz CT molecular complexity index is 366. The summed E-state index contributed by atoms with van der Waals surface area (Å²) in [6, 6.07) is 7.28. The van der Waals surface area contributed by atoms with Crippen molar-refractivity contribution < 1.29 is 4.39 Å². The van der Waals surface area contributed by atoms with Crippen molar-refractivity contribution in [2.45, 2.75) is 12.6 Å². The highest BCUT2D eigenvalue weighted by Gasteiger charge is 2.17. The highest BCUT2D eigenvalue weighted by Crippen LogP contribution is 2.06. The number of hydrogen-bond donors (Lipinski definition) is 1. The average Bonchev–Trinajstić information content (AvgIpc) is 2.32. The molecule has 0 aliphatic carbocycles. The van der Waals surface area contributed by atoms with E-state index in [-0.39, 0.29) is 5.82 Å². The molecule has 18 heavy (non-hydrogen) atoms. The van der Waals surface area contributed by atoms with E-state index in [2.05, 4.69) is 29.2 Å². The minimum Gasteiger partial charge on any atom is -0.310 e. The lowest BCUT2D eigenvalue weighted by Crippen LogP contribution is -2.53. The molecule has 1 fully saturated rings. The van der Waals surface area contributed by atoms with E-state index >= 15 is 0 Å². The van der Waals surface area contributed by atoms with Gasteiger partial charge >= 0.3 is 0 Å². The van der Waals surface area contributed by atoms with Gasteiger partial charge in [0.05, 0.1) is 0 Å². The molecule has 100 valence electrons. The van der Waals surface area contributed by atoms with Gasteiger partial charge in [-0.25, -0.2) is 4.39 Å². The van der Waals surface area contributed by atoms with Crippen LogP contribution in [-0.2, 0) is 6.54 Å². The molecule has 0 spiro atoms. The van der Waals surface area contributed by atoms with Gasteiger partial charge in [-0.3, -0.25) is 0 Å². The molecule has 3 nitrogen and oxygen atoms in total. The van der Waals surface area contributed by atoms with Crippen LogP contribution in [0.2, 0.25) is 0 Å². The first kappa shape index (κ1) is 13.5. The van der Waals surface area contributed by atoms with Gasteiger partial charge < -0.3 is 15.1 Å². The first-order valence-electron chi connectivity index (χ1n) is 6.48. The lowest BCUT2D eigenvalue weighted by Gasteiger charge is -2.33. The van der Waals surface area contributed by atoms with E-state index < -0.39 is 0 Å². The maximum atomic E-state index is 12.8. The topological polar surface area (TPSA) is 18.5 Å². The summed E-state index contributed by atoms with van der Waals surface area (Å²) in [5.74, 6) is -0.169. The molecule has 1 unspecified atom stereocenters. The van der Waals surface area contributed by atoms with Crippen molar-refractivity contribution >= 4 is 0 Å². The summed E-state index contributed by atoms with van der Waals surface area (Å²) in [7, 11) is 4.27. The summed E-state index contributed by atoms with van der Waals surface area (Å²) in [4.78, 5) is 4.64. The van der Waals surface area contributed by atoms with Gasteiger partial charge in [0.2, 0.25) is 0 Å². The maximum absolute atomic E-state index is 12.8. The quantitative estimate of drug-likeness (QED) is 0.866. The van der Waals surface area contributed by atoms with Gasteiger partial charge in [-0.05, 0) is 31.8 Å². The Hall–Kier alpha value is -0.970. The molecular formula is C14H22FN3. The van der Waals surface area contributed by atoms with E-state index in [0.717, 1.165) is 38.3 Å². The van der Waals surface area contributed by atoms with Crippen LogP contribution in [0.15, 0.2) is 24.3 Å². The zero-order chi connectivity index (χ0) is 13.0. The zero-order valence-electron chi connectivity index (χ0n) is 11.2. The van der Waals surface area contributed by atoms with E-state index in [1.54, 1.807) is 0 Å². The van der Waals surface area contributed by atoms with Crippen LogP contribution in [0.1, 0.15) is 5.56 Å². The summed E-state index contributed by atoms with van der Waals surface area (Å²) >= 11 is 0. The SMILES string of the molecule is CN1CCNC(CN(C)Cc2ccc(F)cc2)C1. The Morgan fingerprint density at radius 2 is 2.11 bits per heavy atom. The maximum Gasteiger partial charge on any atom is 0.123 e. The first-order chi connectivity index (χ1) is 8.63. The number of rotatable bonds is 4. The summed E-state index contributed by atoms with van der Waals surface area (Å²) in [6.07, 6.45) is 0. The van der Waals surface area contributed by atoms with Crippen molar-refractivity contribution in [3.63, 3.8) is 0 Å². The van der Waals surface area contributed by atoms with Crippen molar-refractivity contribution in [3.8, 4) is 0 Å². The molecular weight excluding hydrogens is 229 g/mol. The Balaban J connectivity index is 1.81. The van der Waals surface area contributed by atoms with Gasteiger partial charge in [0, 0.05) is 38.8 Å². The molecule has 1 aromatic carbocycles. The fourth-order valence-corrected chi connectivity index (χ4v) is 2.46. The van der Waals surface area contributed by atoms with Crippen LogP contribution in [0, 0.1) is 5.82 Å². The number of halogens is 1. The van der Waals surface area contributed by atoms with Crippen LogP contribution in [0.5, 0.6) is 0 Å². The largest absolute Gasteiger partial charge is 0.310 e. The number of likely N-dealkylation sites (N-methyl/N-ethyl adjacent to an activating group) is 2. The molecule has 0 radical (unpaired) electrons. The minimum atomic E-state index is -0.169.